The van der Waals surface area contributed by atoms with Gasteiger partial charge in [-0.15, -0.1) is 0 Å². The summed E-state index contributed by atoms with van der Waals surface area (Å²) in [4.78, 5) is 4.44. The maximum atomic E-state index is 9.23. The van der Waals surface area contributed by atoms with Gasteiger partial charge in [0.05, 0.1) is 6.07 Å². The van der Waals surface area contributed by atoms with Gasteiger partial charge in [-0.25, -0.2) is 0 Å². The summed E-state index contributed by atoms with van der Waals surface area (Å²) in [5, 5.41) is 13.3. The molecule has 27 heavy (non-hydrogen) atoms. The summed E-state index contributed by atoms with van der Waals surface area (Å²) >= 11 is 0. The zero-order valence-corrected chi connectivity index (χ0v) is 16.5. The van der Waals surface area contributed by atoms with Crippen molar-refractivity contribution < 1.29 is 4.52 Å². The summed E-state index contributed by atoms with van der Waals surface area (Å²) < 4.78 is 5.32. The van der Waals surface area contributed by atoms with E-state index in [0.717, 1.165) is 24.8 Å². The second-order valence-corrected chi connectivity index (χ2v) is 7.89. The van der Waals surface area contributed by atoms with Gasteiger partial charge in [0.1, 0.15) is 5.41 Å². The lowest BCUT2D eigenvalue weighted by molar-refractivity contribution is 0.365. The standard InChI is InChI=1S/C23H31N3O/c1-2-3-4-5-6-7-8-9-10-11-19-12-14-20(15-13-19)21-25-22(27-26-21)23(18-24)16-17-23/h12-15H,2-11,16-17H2,1H3. The Morgan fingerprint density at radius 1 is 0.963 bits per heavy atom. The van der Waals surface area contributed by atoms with E-state index >= 15 is 0 Å². The normalized spacial score (nSPS) is 14.8. The second kappa shape index (κ2) is 9.69. The molecule has 2 aromatic rings. The van der Waals surface area contributed by atoms with Crippen LogP contribution >= 0.6 is 0 Å². The summed E-state index contributed by atoms with van der Waals surface area (Å²) in [5.74, 6) is 1.06. The summed E-state index contributed by atoms with van der Waals surface area (Å²) in [6.07, 6.45) is 15.0. The van der Waals surface area contributed by atoms with Crippen molar-refractivity contribution in [2.75, 3.05) is 0 Å². The molecule has 1 aromatic heterocycles. The van der Waals surface area contributed by atoms with Gasteiger partial charge < -0.3 is 4.52 Å². The highest BCUT2D eigenvalue weighted by molar-refractivity contribution is 5.55. The molecular formula is C23H31N3O. The van der Waals surface area contributed by atoms with Gasteiger partial charge in [-0.05, 0) is 31.2 Å². The average Bonchev–Trinajstić information content (AvgIpc) is 3.35. The van der Waals surface area contributed by atoms with Gasteiger partial charge in [-0.1, -0.05) is 87.7 Å². The topological polar surface area (TPSA) is 62.7 Å². The fourth-order valence-corrected chi connectivity index (χ4v) is 3.49. The van der Waals surface area contributed by atoms with Crippen LogP contribution in [-0.4, -0.2) is 10.1 Å². The number of hydrogen-bond donors (Lipinski definition) is 0. The lowest BCUT2D eigenvalue weighted by atomic mass is 10.0. The molecule has 0 unspecified atom stereocenters. The van der Waals surface area contributed by atoms with E-state index in [0.29, 0.717) is 11.7 Å². The molecule has 3 rings (SSSR count). The molecule has 0 N–H and O–H groups in total. The Morgan fingerprint density at radius 3 is 2.19 bits per heavy atom. The highest BCUT2D eigenvalue weighted by Gasteiger charge is 2.50. The zero-order chi connectivity index (χ0) is 19.0. The third-order valence-corrected chi connectivity index (χ3v) is 5.58. The maximum absolute atomic E-state index is 9.23. The zero-order valence-electron chi connectivity index (χ0n) is 16.5. The van der Waals surface area contributed by atoms with Crippen LogP contribution in [0.4, 0.5) is 0 Å². The van der Waals surface area contributed by atoms with E-state index in [1.54, 1.807) is 0 Å². The SMILES string of the molecule is CCCCCCCCCCCc1ccc(-c2noc(C3(C#N)CC3)n2)cc1. The molecule has 0 spiro atoms. The summed E-state index contributed by atoms with van der Waals surface area (Å²) in [5.41, 5.74) is 1.80. The second-order valence-electron chi connectivity index (χ2n) is 7.89. The van der Waals surface area contributed by atoms with Crippen molar-refractivity contribution in [1.82, 2.24) is 10.1 Å². The van der Waals surface area contributed by atoms with E-state index in [1.807, 2.05) is 0 Å². The van der Waals surface area contributed by atoms with E-state index in [4.69, 9.17) is 4.52 Å². The van der Waals surface area contributed by atoms with Gasteiger partial charge >= 0.3 is 0 Å². The molecule has 1 heterocycles. The van der Waals surface area contributed by atoms with Gasteiger partial charge in [0.25, 0.3) is 0 Å². The third kappa shape index (κ3) is 5.42. The van der Waals surface area contributed by atoms with Crippen molar-refractivity contribution in [3.63, 3.8) is 0 Å². The van der Waals surface area contributed by atoms with E-state index in [-0.39, 0.29) is 0 Å². The Hall–Kier alpha value is -2.15. The number of rotatable bonds is 12. The van der Waals surface area contributed by atoms with Crippen LogP contribution in [0.2, 0.25) is 0 Å². The first-order valence-corrected chi connectivity index (χ1v) is 10.6. The van der Waals surface area contributed by atoms with Crippen LogP contribution in [-0.2, 0) is 11.8 Å². The van der Waals surface area contributed by atoms with Crippen molar-refractivity contribution in [1.29, 1.82) is 5.26 Å². The molecule has 1 saturated carbocycles. The van der Waals surface area contributed by atoms with Gasteiger partial charge in [0.15, 0.2) is 0 Å². The average molecular weight is 366 g/mol. The van der Waals surface area contributed by atoms with Crippen LogP contribution in [0, 0.1) is 11.3 Å². The van der Waals surface area contributed by atoms with Crippen molar-refractivity contribution in [2.45, 2.75) is 89.4 Å². The molecule has 0 atom stereocenters. The number of aromatic nitrogens is 2. The Kier molecular flexibility index (Phi) is 7.04. The monoisotopic (exact) mass is 365 g/mol. The molecule has 144 valence electrons. The van der Waals surface area contributed by atoms with E-state index < -0.39 is 5.41 Å². The molecule has 0 saturated heterocycles. The van der Waals surface area contributed by atoms with Crippen molar-refractivity contribution >= 4 is 0 Å². The highest BCUT2D eigenvalue weighted by atomic mass is 16.5. The van der Waals surface area contributed by atoms with Gasteiger partial charge in [-0.2, -0.15) is 10.2 Å². The minimum atomic E-state index is -0.513. The van der Waals surface area contributed by atoms with Crippen LogP contribution in [0.25, 0.3) is 11.4 Å². The Balaban J connectivity index is 1.38. The fraction of sp³-hybridized carbons (Fsp3) is 0.609. The summed E-state index contributed by atoms with van der Waals surface area (Å²) in [6.45, 7) is 2.27. The van der Waals surface area contributed by atoms with Crippen molar-refractivity contribution in [2.24, 2.45) is 0 Å². The van der Waals surface area contributed by atoms with Gasteiger partial charge in [0.2, 0.25) is 11.7 Å². The number of benzene rings is 1. The van der Waals surface area contributed by atoms with E-state index in [9.17, 15) is 5.26 Å². The maximum Gasteiger partial charge on any atom is 0.247 e. The molecule has 0 bridgehead atoms. The van der Waals surface area contributed by atoms with Crippen LogP contribution in [0.15, 0.2) is 28.8 Å². The molecular weight excluding hydrogens is 334 g/mol. The molecule has 0 aliphatic heterocycles. The lowest BCUT2D eigenvalue weighted by Crippen LogP contribution is -2.02. The third-order valence-electron chi connectivity index (χ3n) is 5.58. The van der Waals surface area contributed by atoms with Crippen LogP contribution in [0.5, 0.6) is 0 Å². The molecule has 0 amide bonds. The van der Waals surface area contributed by atoms with Crippen molar-refractivity contribution in [3.8, 4) is 17.5 Å². The van der Waals surface area contributed by atoms with Gasteiger partial charge in [-0.3, -0.25) is 0 Å². The molecule has 1 aromatic carbocycles. The smallest absolute Gasteiger partial charge is 0.247 e. The van der Waals surface area contributed by atoms with Crippen LogP contribution < -0.4 is 0 Å². The molecule has 1 fully saturated rings. The lowest BCUT2D eigenvalue weighted by Gasteiger charge is -2.03. The predicted molar refractivity (Wildman–Crippen MR) is 107 cm³/mol. The summed E-state index contributed by atoms with van der Waals surface area (Å²) in [6, 6.07) is 10.7. The van der Waals surface area contributed by atoms with E-state index in [2.05, 4.69) is 47.4 Å². The first-order valence-electron chi connectivity index (χ1n) is 10.6. The predicted octanol–water partition coefficient (Wildman–Crippen LogP) is 6.37. The van der Waals surface area contributed by atoms with Crippen molar-refractivity contribution in [3.05, 3.63) is 35.7 Å². The Morgan fingerprint density at radius 2 is 1.59 bits per heavy atom. The Bertz CT molecular complexity index is 738. The largest absolute Gasteiger partial charge is 0.337 e. The van der Waals surface area contributed by atoms with E-state index in [1.165, 1.54) is 63.4 Å². The molecule has 1 aliphatic carbocycles. The number of aryl methyl sites for hydroxylation is 1. The number of nitrogens with zero attached hydrogens (tertiary/aromatic N) is 3. The minimum Gasteiger partial charge on any atom is -0.337 e. The van der Waals surface area contributed by atoms with Crippen LogP contribution in [0.1, 0.15) is 89.0 Å². The Labute approximate surface area is 163 Å². The summed E-state index contributed by atoms with van der Waals surface area (Å²) in [7, 11) is 0. The number of hydrogen-bond acceptors (Lipinski definition) is 4. The quantitative estimate of drug-likeness (QED) is 0.410. The van der Waals surface area contributed by atoms with Gasteiger partial charge in [0, 0.05) is 5.56 Å². The molecule has 0 radical (unpaired) electrons. The number of nitriles is 1. The fourth-order valence-electron chi connectivity index (χ4n) is 3.49. The molecule has 4 heteroatoms. The minimum absolute atomic E-state index is 0.471. The highest BCUT2D eigenvalue weighted by Crippen LogP contribution is 2.46. The molecule has 4 nitrogen and oxygen atoms in total. The first-order chi connectivity index (χ1) is 13.3. The van der Waals surface area contributed by atoms with Crippen LogP contribution in [0.3, 0.4) is 0 Å². The number of unbranched alkanes of at least 4 members (excludes halogenated alkanes) is 8. The molecule has 1 aliphatic rings. The first kappa shape index (κ1) is 19.6.